The van der Waals surface area contributed by atoms with Crippen LogP contribution in [0.5, 0.6) is 0 Å². The van der Waals surface area contributed by atoms with Crippen molar-refractivity contribution in [2.24, 2.45) is 0 Å². The number of benzene rings is 3. The van der Waals surface area contributed by atoms with Crippen LogP contribution >= 0.6 is 0 Å². The number of aryl methyl sites for hydroxylation is 1. The maximum atomic E-state index is 12.5. The molecule has 0 heterocycles. The first-order valence-corrected chi connectivity index (χ1v) is 13.2. The number of hydrogen-bond acceptors (Lipinski definition) is 5. The zero-order chi connectivity index (χ0) is 24.8. The highest BCUT2D eigenvalue weighted by Crippen LogP contribution is 2.19. The van der Waals surface area contributed by atoms with E-state index < -0.39 is 26.0 Å². The molecule has 0 aliphatic heterocycles. The summed E-state index contributed by atoms with van der Waals surface area (Å²) in [6, 6.07) is 21.5. The molecule has 0 bridgehead atoms. The van der Waals surface area contributed by atoms with E-state index in [1.165, 1.54) is 49.5 Å². The lowest BCUT2D eigenvalue weighted by Crippen LogP contribution is -2.33. The number of sulfonamides is 2. The monoisotopic (exact) mass is 499 g/mol. The van der Waals surface area contributed by atoms with E-state index in [9.17, 15) is 21.6 Å². The van der Waals surface area contributed by atoms with Gasteiger partial charge in [-0.2, -0.15) is 4.31 Å². The maximum absolute atomic E-state index is 12.5. The number of nitrogens with zero attached hydrogens (tertiary/aromatic N) is 1. The molecule has 10 heteroatoms. The minimum Gasteiger partial charge on any atom is -0.325 e. The Hall–Kier alpha value is -3.47. The molecule has 2 N–H and O–H groups in total. The summed E-state index contributed by atoms with van der Waals surface area (Å²) >= 11 is 0. The number of anilines is 2. The smallest absolute Gasteiger partial charge is 0.261 e. The first-order chi connectivity index (χ1) is 16.0. The maximum Gasteiger partial charge on any atom is 0.261 e. The molecular formula is C24H25N3O5S2. The second kappa shape index (κ2) is 10.6. The highest BCUT2D eigenvalue weighted by Gasteiger charge is 2.18. The molecule has 34 heavy (non-hydrogen) atoms. The highest BCUT2D eigenvalue weighted by atomic mass is 32.2. The quantitative estimate of drug-likeness (QED) is 0.467. The third kappa shape index (κ3) is 7.01. The van der Waals surface area contributed by atoms with Gasteiger partial charge in [0.15, 0.2) is 0 Å². The Morgan fingerprint density at radius 1 is 0.853 bits per heavy atom. The Labute approximate surface area is 200 Å². The third-order valence-corrected chi connectivity index (χ3v) is 7.66. The van der Waals surface area contributed by atoms with Gasteiger partial charge in [-0.1, -0.05) is 48.0 Å². The van der Waals surface area contributed by atoms with Crippen molar-refractivity contribution in [1.82, 2.24) is 4.31 Å². The molecule has 3 rings (SSSR count). The molecule has 0 fully saturated rings. The molecule has 0 aliphatic carbocycles. The van der Waals surface area contributed by atoms with Crippen LogP contribution in [0.2, 0.25) is 0 Å². The third-order valence-electron chi connectivity index (χ3n) is 4.78. The van der Waals surface area contributed by atoms with Crippen LogP contribution in [-0.4, -0.2) is 40.6 Å². The van der Waals surface area contributed by atoms with E-state index in [0.29, 0.717) is 11.4 Å². The number of likely N-dealkylation sites (N-methyl/N-ethyl adjacent to an activating group) is 1. The van der Waals surface area contributed by atoms with Crippen molar-refractivity contribution in [3.05, 3.63) is 95.4 Å². The van der Waals surface area contributed by atoms with Gasteiger partial charge in [-0.05, 0) is 55.0 Å². The molecule has 3 aromatic rings. The second-order valence-electron chi connectivity index (χ2n) is 7.56. The first kappa shape index (κ1) is 25.2. The van der Waals surface area contributed by atoms with Crippen LogP contribution in [0.4, 0.5) is 11.4 Å². The number of amides is 1. The Kier molecular flexibility index (Phi) is 7.87. The van der Waals surface area contributed by atoms with Crippen LogP contribution in [0, 0.1) is 6.92 Å². The van der Waals surface area contributed by atoms with Gasteiger partial charge in [0.2, 0.25) is 15.9 Å². The van der Waals surface area contributed by atoms with Crippen LogP contribution in [0.25, 0.3) is 6.08 Å². The predicted octanol–water partition coefficient (Wildman–Crippen LogP) is 3.67. The molecule has 178 valence electrons. The van der Waals surface area contributed by atoms with Gasteiger partial charge in [0.1, 0.15) is 0 Å². The van der Waals surface area contributed by atoms with Crippen LogP contribution in [0.1, 0.15) is 11.1 Å². The summed E-state index contributed by atoms with van der Waals surface area (Å²) in [6.07, 6.45) is 1.46. The molecular weight excluding hydrogens is 474 g/mol. The van der Waals surface area contributed by atoms with Crippen molar-refractivity contribution < 1.29 is 21.6 Å². The van der Waals surface area contributed by atoms with E-state index in [1.807, 2.05) is 13.0 Å². The summed E-state index contributed by atoms with van der Waals surface area (Å²) in [5.41, 5.74) is 2.39. The van der Waals surface area contributed by atoms with Crippen LogP contribution in [0.3, 0.4) is 0 Å². The van der Waals surface area contributed by atoms with Gasteiger partial charge in [-0.15, -0.1) is 0 Å². The van der Waals surface area contributed by atoms with Gasteiger partial charge in [0.25, 0.3) is 10.0 Å². The van der Waals surface area contributed by atoms with E-state index >= 15 is 0 Å². The lowest BCUT2D eigenvalue weighted by Gasteiger charge is -2.15. The normalized spacial score (nSPS) is 12.1. The van der Waals surface area contributed by atoms with Crippen LogP contribution < -0.4 is 10.0 Å². The van der Waals surface area contributed by atoms with E-state index in [0.717, 1.165) is 20.8 Å². The van der Waals surface area contributed by atoms with E-state index in [-0.39, 0.29) is 11.4 Å². The highest BCUT2D eigenvalue weighted by molar-refractivity contribution is 7.92. The van der Waals surface area contributed by atoms with Crippen molar-refractivity contribution in [1.29, 1.82) is 0 Å². The van der Waals surface area contributed by atoms with Gasteiger partial charge in [0, 0.05) is 23.8 Å². The van der Waals surface area contributed by atoms with Gasteiger partial charge in [-0.3, -0.25) is 9.52 Å². The van der Waals surface area contributed by atoms with Gasteiger partial charge in [0.05, 0.1) is 11.4 Å². The number of carbonyl (C=O) groups excluding carboxylic acids is 1. The van der Waals surface area contributed by atoms with E-state index in [4.69, 9.17) is 0 Å². The average Bonchev–Trinajstić information content (AvgIpc) is 2.80. The molecule has 1 amide bonds. The minimum atomic E-state index is -3.79. The number of carbonyl (C=O) groups is 1. The standard InChI is InChI=1S/C24H25N3O5S2/c1-19-8-14-23(15-9-19)34(31,32)26-22-12-10-21(11-13-22)25-24(28)18-27(2)33(29,30)17-16-20-6-4-3-5-7-20/h3-17,26H,18H2,1-2H3,(H,25,28)/b17-16+. The molecule has 0 saturated heterocycles. The van der Waals surface area contributed by atoms with Crippen molar-refractivity contribution in [3.63, 3.8) is 0 Å². The second-order valence-corrected chi connectivity index (χ2v) is 11.2. The Balaban J connectivity index is 1.58. The van der Waals surface area contributed by atoms with Crippen molar-refractivity contribution in [3.8, 4) is 0 Å². The van der Waals surface area contributed by atoms with Gasteiger partial charge in [-0.25, -0.2) is 16.8 Å². The van der Waals surface area contributed by atoms with Crippen molar-refractivity contribution >= 4 is 43.4 Å². The largest absolute Gasteiger partial charge is 0.325 e. The Bertz CT molecular complexity index is 1370. The molecule has 8 nitrogen and oxygen atoms in total. The minimum absolute atomic E-state index is 0.140. The summed E-state index contributed by atoms with van der Waals surface area (Å²) < 4.78 is 53.2. The van der Waals surface area contributed by atoms with Crippen LogP contribution in [0.15, 0.2) is 89.2 Å². The fourth-order valence-corrected chi connectivity index (χ4v) is 4.77. The summed E-state index contributed by atoms with van der Waals surface area (Å²) in [4.78, 5) is 12.5. The van der Waals surface area contributed by atoms with Gasteiger partial charge < -0.3 is 5.32 Å². The summed E-state index contributed by atoms with van der Waals surface area (Å²) in [7, 11) is -6.22. The Morgan fingerprint density at radius 2 is 1.44 bits per heavy atom. The fraction of sp³-hybridized carbons (Fsp3) is 0.125. The first-order valence-electron chi connectivity index (χ1n) is 10.2. The summed E-state index contributed by atoms with van der Waals surface area (Å²) in [5, 5.41) is 3.65. The molecule has 0 saturated carbocycles. The zero-order valence-corrected chi connectivity index (χ0v) is 20.3. The van der Waals surface area contributed by atoms with E-state index in [2.05, 4.69) is 10.0 Å². The molecule has 0 aliphatic rings. The number of nitrogens with one attached hydrogen (secondary N) is 2. The zero-order valence-electron chi connectivity index (χ0n) is 18.7. The summed E-state index contributed by atoms with van der Waals surface area (Å²) in [5.74, 6) is -0.535. The Morgan fingerprint density at radius 3 is 2.06 bits per heavy atom. The van der Waals surface area contributed by atoms with Gasteiger partial charge >= 0.3 is 0 Å². The molecule has 0 unspecified atom stereocenters. The average molecular weight is 500 g/mol. The molecule has 0 spiro atoms. The molecule has 0 radical (unpaired) electrons. The molecule has 0 aromatic heterocycles. The van der Waals surface area contributed by atoms with Crippen LogP contribution in [-0.2, 0) is 24.8 Å². The lowest BCUT2D eigenvalue weighted by atomic mass is 10.2. The number of hydrogen-bond donors (Lipinski definition) is 2. The fourth-order valence-electron chi connectivity index (χ4n) is 2.88. The van der Waals surface area contributed by atoms with Crippen molar-refractivity contribution in [2.45, 2.75) is 11.8 Å². The summed E-state index contributed by atoms with van der Waals surface area (Å²) in [6.45, 7) is 1.48. The number of rotatable bonds is 9. The molecule has 0 atom stereocenters. The van der Waals surface area contributed by atoms with Crippen molar-refractivity contribution in [2.75, 3.05) is 23.6 Å². The SMILES string of the molecule is Cc1ccc(S(=O)(=O)Nc2ccc(NC(=O)CN(C)S(=O)(=O)/C=C/c3ccccc3)cc2)cc1. The van der Waals surface area contributed by atoms with E-state index in [1.54, 1.807) is 36.4 Å². The predicted molar refractivity (Wildman–Crippen MR) is 134 cm³/mol. The topological polar surface area (TPSA) is 113 Å². The lowest BCUT2D eigenvalue weighted by molar-refractivity contribution is -0.116. The molecule has 3 aromatic carbocycles.